The van der Waals surface area contributed by atoms with E-state index in [1.165, 1.54) is 24.5 Å². The van der Waals surface area contributed by atoms with Crippen molar-refractivity contribution in [3.8, 4) is 5.69 Å². The zero-order chi connectivity index (χ0) is 22.0. The van der Waals surface area contributed by atoms with Crippen LogP contribution in [0.1, 0.15) is 5.56 Å². The molecule has 0 saturated heterocycles. The molecule has 2 heterocycles. The highest BCUT2D eigenvalue weighted by Gasteiger charge is 2.33. The summed E-state index contributed by atoms with van der Waals surface area (Å²) in [5.41, 5.74) is 0.0315. The molecule has 0 unspecified atom stereocenters. The molecule has 0 radical (unpaired) electrons. The summed E-state index contributed by atoms with van der Waals surface area (Å²) in [5.74, 6) is -0.726. The van der Waals surface area contributed by atoms with E-state index in [9.17, 15) is 18.0 Å². The molecule has 0 spiro atoms. The minimum absolute atomic E-state index is 0.138. The van der Waals surface area contributed by atoms with E-state index < -0.39 is 17.6 Å². The summed E-state index contributed by atoms with van der Waals surface area (Å²) in [6.07, 6.45) is -1.66. The van der Waals surface area contributed by atoms with Crippen molar-refractivity contribution in [1.82, 2.24) is 19.7 Å². The highest BCUT2D eigenvalue weighted by atomic mass is 35.5. The van der Waals surface area contributed by atoms with E-state index >= 15 is 0 Å². The number of amides is 1. The van der Waals surface area contributed by atoms with E-state index in [0.717, 1.165) is 17.8 Å². The number of aromatic nitrogens is 4. The summed E-state index contributed by atoms with van der Waals surface area (Å²) >= 11 is 7.12. The summed E-state index contributed by atoms with van der Waals surface area (Å²) in [4.78, 5) is 20.7. The van der Waals surface area contributed by atoms with Crippen molar-refractivity contribution in [2.75, 3.05) is 11.1 Å². The molecule has 0 aliphatic carbocycles. The Balaban J connectivity index is 1.52. The Morgan fingerprint density at radius 1 is 1.13 bits per heavy atom. The Kier molecular flexibility index (Phi) is 5.84. The first-order chi connectivity index (χ1) is 14.8. The maximum atomic E-state index is 13.1. The molecule has 0 saturated carbocycles. The lowest BCUT2D eigenvalue weighted by Crippen LogP contribution is -2.18. The lowest BCUT2D eigenvalue weighted by atomic mass is 10.1. The van der Waals surface area contributed by atoms with Crippen LogP contribution in [-0.2, 0) is 11.0 Å². The summed E-state index contributed by atoms with van der Waals surface area (Å²) < 4.78 is 40.9. The van der Waals surface area contributed by atoms with E-state index in [1.807, 2.05) is 6.07 Å². The van der Waals surface area contributed by atoms with Gasteiger partial charge in [-0.1, -0.05) is 41.6 Å². The van der Waals surface area contributed by atoms with Crippen LogP contribution < -0.4 is 5.32 Å². The van der Waals surface area contributed by atoms with Crippen LogP contribution in [0.15, 0.2) is 66.1 Å². The predicted octanol–water partition coefficient (Wildman–Crippen LogP) is 5.22. The first-order valence-electron chi connectivity index (χ1n) is 8.86. The fraction of sp³-hybridized carbons (Fsp3) is 0.100. The number of hydrogen-bond donors (Lipinski definition) is 1. The maximum Gasteiger partial charge on any atom is 0.418 e. The number of nitrogens with zero attached hydrogens (tertiary/aromatic N) is 4. The number of benzene rings is 2. The lowest BCUT2D eigenvalue weighted by molar-refractivity contribution is -0.137. The summed E-state index contributed by atoms with van der Waals surface area (Å²) in [7, 11) is 0. The second kappa shape index (κ2) is 8.56. The molecule has 31 heavy (non-hydrogen) atoms. The van der Waals surface area contributed by atoms with Crippen molar-refractivity contribution in [1.29, 1.82) is 0 Å². The van der Waals surface area contributed by atoms with Crippen molar-refractivity contribution in [2.24, 2.45) is 0 Å². The van der Waals surface area contributed by atoms with Crippen LogP contribution in [0.4, 0.5) is 18.9 Å². The van der Waals surface area contributed by atoms with E-state index in [-0.39, 0.29) is 11.4 Å². The molecule has 1 N–H and O–H groups in total. The van der Waals surface area contributed by atoms with E-state index in [1.54, 1.807) is 29.1 Å². The summed E-state index contributed by atoms with van der Waals surface area (Å²) in [6, 6.07) is 11.9. The van der Waals surface area contributed by atoms with Gasteiger partial charge in [0.1, 0.15) is 11.4 Å². The predicted molar refractivity (Wildman–Crippen MR) is 112 cm³/mol. The van der Waals surface area contributed by atoms with Gasteiger partial charge < -0.3 is 5.32 Å². The number of carbonyl (C=O) groups excluding carboxylic acids is 1. The molecule has 11 heteroatoms. The summed E-state index contributed by atoms with van der Waals surface area (Å²) in [6.45, 7) is 0. The third-order valence-electron chi connectivity index (χ3n) is 4.23. The van der Waals surface area contributed by atoms with Crippen molar-refractivity contribution in [2.45, 2.75) is 11.2 Å². The Morgan fingerprint density at radius 3 is 2.71 bits per heavy atom. The zero-order valence-electron chi connectivity index (χ0n) is 15.6. The van der Waals surface area contributed by atoms with Crippen LogP contribution >= 0.6 is 23.4 Å². The number of thioether (sulfide) groups is 1. The fourth-order valence-electron chi connectivity index (χ4n) is 2.89. The van der Waals surface area contributed by atoms with E-state index in [4.69, 9.17) is 11.6 Å². The maximum absolute atomic E-state index is 13.1. The average molecular weight is 464 g/mol. The van der Waals surface area contributed by atoms with Gasteiger partial charge in [-0.2, -0.15) is 18.3 Å². The molecule has 0 bridgehead atoms. The first kappa shape index (κ1) is 21.1. The molecule has 158 valence electrons. The molecule has 2 aromatic heterocycles. The minimum Gasteiger partial charge on any atom is -0.325 e. The zero-order valence-corrected chi connectivity index (χ0v) is 17.2. The molecule has 6 nitrogen and oxygen atoms in total. The van der Waals surface area contributed by atoms with Crippen molar-refractivity contribution in [3.05, 3.63) is 71.6 Å². The monoisotopic (exact) mass is 463 g/mol. The van der Waals surface area contributed by atoms with Gasteiger partial charge in [0.05, 0.1) is 34.3 Å². The smallest absolute Gasteiger partial charge is 0.325 e. The molecular formula is C20H13ClF3N5OS. The Labute approximate surface area is 183 Å². The second-order valence-corrected chi connectivity index (χ2v) is 7.73. The third kappa shape index (κ3) is 4.64. The van der Waals surface area contributed by atoms with Crippen molar-refractivity contribution in [3.63, 3.8) is 0 Å². The third-order valence-corrected chi connectivity index (χ3v) is 5.47. The first-order valence-corrected chi connectivity index (χ1v) is 10.2. The number of fused-ring (bicyclic) bond motifs is 1. The van der Waals surface area contributed by atoms with Crippen LogP contribution in [0, 0.1) is 0 Å². The number of halogens is 4. The molecule has 0 aliphatic rings. The van der Waals surface area contributed by atoms with Gasteiger partial charge in [0.2, 0.25) is 5.91 Å². The van der Waals surface area contributed by atoms with Crippen LogP contribution in [0.25, 0.3) is 16.7 Å². The Hall–Kier alpha value is -3.11. The Morgan fingerprint density at radius 2 is 1.94 bits per heavy atom. The molecule has 0 atom stereocenters. The fourth-order valence-corrected chi connectivity index (χ4v) is 3.84. The van der Waals surface area contributed by atoms with E-state index in [0.29, 0.717) is 26.8 Å². The molecule has 2 aromatic carbocycles. The van der Waals surface area contributed by atoms with Crippen molar-refractivity contribution >= 4 is 46.0 Å². The van der Waals surface area contributed by atoms with Crippen molar-refractivity contribution < 1.29 is 18.0 Å². The van der Waals surface area contributed by atoms with E-state index in [2.05, 4.69) is 20.4 Å². The number of hydrogen-bond acceptors (Lipinski definition) is 5. The van der Waals surface area contributed by atoms with Crippen LogP contribution in [0.3, 0.4) is 0 Å². The largest absolute Gasteiger partial charge is 0.418 e. The number of anilines is 1. The molecular weight excluding hydrogens is 451 g/mol. The molecule has 4 aromatic rings. The average Bonchev–Trinajstić information content (AvgIpc) is 3.17. The van der Waals surface area contributed by atoms with Gasteiger partial charge in [-0.15, -0.1) is 0 Å². The number of alkyl halides is 3. The normalized spacial score (nSPS) is 11.6. The molecule has 4 rings (SSSR count). The lowest BCUT2D eigenvalue weighted by Gasteiger charge is -2.13. The van der Waals surface area contributed by atoms with Crippen LogP contribution in [0.2, 0.25) is 5.02 Å². The number of carbonyl (C=O) groups is 1. The summed E-state index contributed by atoms with van der Waals surface area (Å²) in [5, 5.41) is 8.26. The number of para-hydroxylation sites is 1. The second-order valence-electron chi connectivity index (χ2n) is 6.33. The highest BCUT2D eigenvalue weighted by Crippen LogP contribution is 2.34. The van der Waals surface area contributed by atoms with Gasteiger partial charge in [-0.3, -0.25) is 4.79 Å². The quantitative estimate of drug-likeness (QED) is 0.324. The standard InChI is InChI=1S/C20H13ClF3N5OS/c21-12-4-3-5-13(8-12)29-18-14(9-27-29)19(26-11-25-18)31-10-17(30)28-16-7-2-1-6-15(16)20(22,23)24/h1-9,11H,10H2,(H,28,30). The SMILES string of the molecule is O=C(CSc1ncnc2c1cnn2-c1cccc(Cl)c1)Nc1ccccc1C(F)(F)F. The molecule has 1 amide bonds. The molecule has 0 fully saturated rings. The number of nitrogens with one attached hydrogen (secondary N) is 1. The van der Waals surface area contributed by atoms with Gasteiger partial charge >= 0.3 is 6.18 Å². The van der Waals surface area contributed by atoms with Crippen LogP contribution in [0.5, 0.6) is 0 Å². The van der Waals surface area contributed by atoms with Gasteiger partial charge in [-0.05, 0) is 30.3 Å². The van der Waals surface area contributed by atoms with Gasteiger partial charge in [-0.25, -0.2) is 14.6 Å². The Bertz CT molecular complexity index is 1260. The van der Waals surface area contributed by atoms with Gasteiger partial charge in [0.25, 0.3) is 0 Å². The van der Waals surface area contributed by atoms with Gasteiger partial charge in [0, 0.05) is 5.02 Å². The number of rotatable bonds is 5. The highest BCUT2D eigenvalue weighted by molar-refractivity contribution is 8.00. The minimum atomic E-state index is -4.56. The molecule has 0 aliphatic heterocycles. The van der Waals surface area contributed by atoms with Crippen LogP contribution in [-0.4, -0.2) is 31.4 Å². The van der Waals surface area contributed by atoms with Gasteiger partial charge in [0.15, 0.2) is 5.65 Å². The topological polar surface area (TPSA) is 72.7 Å².